The Balaban J connectivity index is 1.83. The lowest BCUT2D eigenvalue weighted by Gasteiger charge is -2.21. The fourth-order valence-electron chi connectivity index (χ4n) is 3.58. The summed E-state index contributed by atoms with van der Waals surface area (Å²) in [6.07, 6.45) is 9.07. The topological polar surface area (TPSA) is 74.8 Å². The van der Waals surface area contributed by atoms with Gasteiger partial charge in [0.05, 0.1) is 23.5 Å². The van der Waals surface area contributed by atoms with Gasteiger partial charge in [-0.1, -0.05) is 0 Å². The Morgan fingerprint density at radius 1 is 1.08 bits per heavy atom. The maximum Gasteiger partial charge on any atom is 0.241 e. The van der Waals surface area contributed by atoms with Gasteiger partial charge in [-0.15, -0.1) is 0 Å². The highest BCUT2D eigenvalue weighted by Crippen LogP contribution is 2.48. The van der Waals surface area contributed by atoms with Crippen molar-refractivity contribution < 1.29 is 4.79 Å². The van der Waals surface area contributed by atoms with Crippen LogP contribution in [-0.2, 0) is 4.79 Å². The number of aromatic nitrogens is 4. The fraction of sp³-hybridized carbons (Fsp3) is 0.368. The fourth-order valence-corrected chi connectivity index (χ4v) is 3.58. The molecule has 1 amide bonds. The average molecular weight is 335 g/mol. The Bertz CT molecular complexity index is 918. The predicted molar refractivity (Wildman–Crippen MR) is 95.6 cm³/mol. The summed E-state index contributed by atoms with van der Waals surface area (Å²) in [5.74, 6) is 1.63. The van der Waals surface area contributed by atoms with Crippen molar-refractivity contribution in [3.8, 4) is 0 Å². The molecule has 1 aliphatic heterocycles. The minimum absolute atomic E-state index is 0.0677. The Labute approximate surface area is 146 Å². The number of allylic oxidation sites excluding steroid dienone is 2. The summed E-state index contributed by atoms with van der Waals surface area (Å²) < 4.78 is 0. The first kappa shape index (κ1) is 15.7. The first-order valence-electron chi connectivity index (χ1n) is 8.47. The smallest absolute Gasteiger partial charge is 0.241 e. The number of anilines is 1. The van der Waals surface area contributed by atoms with Gasteiger partial charge in [0.1, 0.15) is 11.6 Å². The van der Waals surface area contributed by atoms with Gasteiger partial charge in [0.2, 0.25) is 5.91 Å². The number of imidazole rings is 1. The van der Waals surface area contributed by atoms with Gasteiger partial charge < -0.3 is 4.98 Å². The van der Waals surface area contributed by atoms with E-state index in [4.69, 9.17) is 0 Å². The molecule has 0 bridgehead atoms. The lowest BCUT2D eigenvalue weighted by Crippen LogP contribution is -2.33. The van der Waals surface area contributed by atoms with Gasteiger partial charge in [-0.3, -0.25) is 9.69 Å². The third-order valence-corrected chi connectivity index (χ3v) is 5.03. The number of carbonyl (C=O) groups is 1. The van der Waals surface area contributed by atoms with Gasteiger partial charge in [-0.25, -0.2) is 15.0 Å². The van der Waals surface area contributed by atoms with Gasteiger partial charge >= 0.3 is 0 Å². The number of nitrogens with one attached hydrogen (secondary N) is 1. The number of H-pyrrole nitrogens is 1. The van der Waals surface area contributed by atoms with E-state index in [9.17, 15) is 4.79 Å². The van der Waals surface area contributed by atoms with Gasteiger partial charge in [0, 0.05) is 17.6 Å². The van der Waals surface area contributed by atoms with E-state index in [1.807, 2.05) is 33.9 Å². The van der Waals surface area contributed by atoms with E-state index in [0.717, 1.165) is 35.6 Å². The lowest BCUT2D eigenvalue weighted by atomic mass is 9.80. The minimum Gasteiger partial charge on any atom is -0.342 e. The molecule has 2 aromatic rings. The molecule has 1 aliphatic carbocycles. The van der Waals surface area contributed by atoms with E-state index in [1.165, 1.54) is 5.57 Å². The van der Waals surface area contributed by atoms with Crippen LogP contribution in [0.1, 0.15) is 44.0 Å². The number of hydrogen-bond acceptors (Lipinski definition) is 4. The van der Waals surface area contributed by atoms with Crippen molar-refractivity contribution in [2.24, 2.45) is 5.41 Å². The first-order valence-corrected chi connectivity index (χ1v) is 8.47. The third-order valence-electron chi connectivity index (χ3n) is 5.03. The molecule has 4 rings (SSSR count). The molecule has 0 aromatic carbocycles. The van der Waals surface area contributed by atoms with Crippen molar-refractivity contribution in [1.82, 2.24) is 19.9 Å². The van der Waals surface area contributed by atoms with E-state index in [-0.39, 0.29) is 5.91 Å². The maximum atomic E-state index is 13.1. The number of rotatable bonds is 2. The molecule has 0 atom stereocenters. The highest BCUT2D eigenvalue weighted by atomic mass is 16.2. The zero-order chi connectivity index (χ0) is 17.8. The van der Waals surface area contributed by atoms with Crippen LogP contribution in [0.5, 0.6) is 0 Å². The standard InChI is InChI=1S/C19H21N5O/c1-11-8-22-17(23-11)13-5-6-15-16(7-13)24(18(25)19(15,3)4)14-9-20-12(2)21-10-14/h7-10H,5-6H2,1-4H3,(H,22,23). The molecule has 0 spiro atoms. The Hall–Kier alpha value is -2.76. The number of amides is 1. The van der Waals surface area contributed by atoms with Crippen molar-refractivity contribution in [2.75, 3.05) is 4.90 Å². The lowest BCUT2D eigenvalue weighted by molar-refractivity contribution is -0.123. The normalized spacial score (nSPS) is 19.3. The van der Waals surface area contributed by atoms with Crippen LogP contribution in [0.2, 0.25) is 0 Å². The Kier molecular flexibility index (Phi) is 3.39. The van der Waals surface area contributed by atoms with Crippen LogP contribution in [-0.4, -0.2) is 25.8 Å². The van der Waals surface area contributed by atoms with Crippen LogP contribution in [0, 0.1) is 19.3 Å². The molecular formula is C19H21N5O. The highest BCUT2D eigenvalue weighted by molar-refractivity contribution is 6.06. The van der Waals surface area contributed by atoms with Crippen LogP contribution < -0.4 is 4.90 Å². The molecule has 0 unspecified atom stereocenters. The van der Waals surface area contributed by atoms with E-state index in [1.54, 1.807) is 17.3 Å². The van der Waals surface area contributed by atoms with E-state index >= 15 is 0 Å². The number of aromatic amines is 1. The second-order valence-corrected chi connectivity index (χ2v) is 7.20. The minimum atomic E-state index is -0.513. The molecule has 2 aromatic heterocycles. The maximum absolute atomic E-state index is 13.1. The van der Waals surface area contributed by atoms with Crippen LogP contribution in [0.15, 0.2) is 35.9 Å². The monoisotopic (exact) mass is 335 g/mol. The molecule has 0 saturated carbocycles. The van der Waals surface area contributed by atoms with Crippen LogP contribution >= 0.6 is 0 Å². The molecule has 0 radical (unpaired) electrons. The zero-order valence-corrected chi connectivity index (χ0v) is 14.9. The summed E-state index contributed by atoms with van der Waals surface area (Å²) in [6, 6.07) is 0. The molecule has 6 nitrogen and oxygen atoms in total. The molecular weight excluding hydrogens is 314 g/mol. The quantitative estimate of drug-likeness (QED) is 0.913. The summed E-state index contributed by atoms with van der Waals surface area (Å²) in [5, 5.41) is 0. The van der Waals surface area contributed by atoms with Gasteiger partial charge in [0.15, 0.2) is 0 Å². The molecule has 0 saturated heterocycles. The second kappa shape index (κ2) is 5.37. The Morgan fingerprint density at radius 2 is 1.80 bits per heavy atom. The Morgan fingerprint density at radius 3 is 2.44 bits per heavy atom. The molecule has 1 N–H and O–H groups in total. The number of nitrogens with zero attached hydrogens (tertiary/aromatic N) is 4. The van der Waals surface area contributed by atoms with Crippen LogP contribution in [0.4, 0.5) is 5.69 Å². The highest BCUT2D eigenvalue weighted by Gasteiger charge is 2.46. The molecule has 6 heteroatoms. The SMILES string of the molecule is Cc1ncc(N2C(=O)C(C)(C)C3=C2C=C(c2ncc(C)[nH]2)CC3)cn1. The summed E-state index contributed by atoms with van der Waals surface area (Å²) in [5.41, 5.74) is 4.46. The first-order chi connectivity index (χ1) is 11.9. The van der Waals surface area contributed by atoms with Crippen molar-refractivity contribution in [3.63, 3.8) is 0 Å². The molecule has 128 valence electrons. The van der Waals surface area contributed by atoms with Gasteiger partial charge in [0.25, 0.3) is 0 Å². The van der Waals surface area contributed by atoms with E-state index < -0.39 is 5.41 Å². The molecule has 2 aliphatic rings. The van der Waals surface area contributed by atoms with Crippen LogP contribution in [0.25, 0.3) is 5.57 Å². The third kappa shape index (κ3) is 2.40. The number of hydrogen-bond donors (Lipinski definition) is 1. The largest absolute Gasteiger partial charge is 0.342 e. The van der Waals surface area contributed by atoms with E-state index in [0.29, 0.717) is 11.5 Å². The van der Waals surface area contributed by atoms with Crippen molar-refractivity contribution in [2.45, 2.75) is 40.5 Å². The zero-order valence-electron chi connectivity index (χ0n) is 14.9. The number of aryl methyl sites for hydroxylation is 2. The van der Waals surface area contributed by atoms with Crippen molar-refractivity contribution in [1.29, 1.82) is 0 Å². The second-order valence-electron chi connectivity index (χ2n) is 7.20. The summed E-state index contributed by atoms with van der Waals surface area (Å²) >= 11 is 0. The molecule has 25 heavy (non-hydrogen) atoms. The average Bonchev–Trinajstić information content (AvgIpc) is 3.10. The van der Waals surface area contributed by atoms with Gasteiger partial charge in [-0.05, 0) is 57.8 Å². The summed E-state index contributed by atoms with van der Waals surface area (Å²) in [4.78, 5) is 31.1. The summed E-state index contributed by atoms with van der Waals surface area (Å²) in [7, 11) is 0. The van der Waals surface area contributed by atoms with E-state index in [2.05, 4.69) is 26.0 Å². The van der Waals surface area contributed by atoms with Gasteiger partial charge in [-0.2, -0.15) is 0 Å². The summed E-state index contributed by atoms with van der Waals surface area (Å²) in [6.45, 7) is 7.82. The number of carbonyl (C=O) groups excluding carboxylic acids is 1. The predicted octanol–water partition coefficient (Wildman–Crippen LogP) is 3.32. The molecule has 0 fully saturated rings. The van der Waals surface area contributed by atoms with Crippen molar-refractivity contribution in [3.05, 3.63) is 53.3 Å². The molecule has 3 heterocycles. The van der Waals surface area contributed by atoms with Crippen molar-refractivity contribution >= 4 is 17.2 Å². The van der Waals surface area contributed by atoms with Crippen LogP contribution in [0.3, 0.4) is 0 Å².